The largest absolute Gasteiger partial charge is 0.395 e. The molecule has 4 nitrogen and oxygen atoms in total. The zero-order valence-corrected chi connectivity index (χ0v) is 10.4. The molecule has 2 N–H and O–H groups in total. The van der Waals surface area contributed by atoms with Crippen molar-refractivity contribution < 1.29 is 18.7 Å². The maximum atomic E-state index is 12.4. The second-order valence-corrected chi connectivity index (χ2v) is 4.46. The normalized spacial score (nSPS) is 17.2. The number of nitrogens with one attached hydrogen (secondary N) is 1. The molecule has 1 heterocycles. The van der Waals surface area contributed by atoms with Crippen LogP contribution >= 0.6 is 0 Å². The third kappa shape index (κ3) is 3.20. The van der Waals surface area contributed by atoms with Crippen LogP contribution in [0.5, 0.6) is 0 Å². The number of carbonyl (C=O) groups is 1. The van der Waals surface area contributed by atoms with Crippen LogP contribution in [0, 0.1) is 0 Å². The molecule has 0 fully saturated rings. The number of halogens is 2. The van der Waals surface area contributed by atoms with Gasteiger partial charge < -0.3 is 15.3 Å². The number of anilines is 1. The number of hydrogen-bond acceptors (Lipinski definition) is 3. The van der Waals surface area contributed by atoms with E-state index in [-0.39, 0.29) is 13.2 Å². The summed E-state index contributed by atoms with van der Waals surface area (Å²) in [5, 5.41) is 11.9. The van der Waals surface area contributed by atoms with Gasteiger partial charge in [0.25, 0.3) is 6.43 Å². The van der Waals surface area contributed by atoms with Crippen molar-refractivity contribution in [2.24, 2.45) is 0 Å². The number of amides is 1. The lowest BCUT2D eigenvalue weighted by Crippen LogP contribution is -2.45. The predicted molar refractivity (Wildman–Crippen MR) is 67.2 cm³/mol. The first-order valence-corrected chi connectivity index (χ1v) is 6.14. The number of carbonyl (C=O) groups excluding carboxylic acids is 1. The van der Waals surface area contributed by atoms with Crippen molar-refractivity contribution in [1.82, 2.24) is 4.90 Å². The zero-order chi connectivity index (χ0) is 13.8. The molecule has 1 unspecified atom stereocenters. The summed E-state index contributed by atoms with van der Waals surface area (Å²) < 4.78 is 24.8. The number of alkyl halides is 2. The van der Waals surface area contributed by atoms with Gasteiger partial charge in [-0.3, -0.25) is 4.79 Å². The van der Waals surface area contributed by atoms with E-state index in [9.17, 15) is 13.6 Å². The van der Waals surface area contributed by atoms with Crippen molar-refractivity contribution in [1.29, 1.82) is 0 Å². The highest BCUT2D eigenvalue weighted by atomic mass is 19.3. The number of fused-ring (bicyclic) bond motifs is 1. The monoisotopic (exact) mass is 270 g/mol. The average Bonchev–Trinajstić information content (AvgIpc) is 2.80. The lowest BCUT2D eigenvalue weighted by Gasteiger charge is -2.24. The molecule has 19 heavy (non-hydrogen) atoms. The Hall–Kier alpha value is -1.69. The van der Waals surface area contributed by atoms with Crippen LogP contribution in [0.2, 0.25) is 0 Å². The van der Waals surface area contributed by atoms with Crippen LogP contribution in [0.3, 0.4) is 0 Å². The summed E-state index contributed by atoms with van der Waals surface area (Å²) in [7, 11) is 0. The van der Waals surface area contributed by atoms with Crippen molar-refractivity contribution in [2.75, 3.05) is 25.0 Å². The fourth-order valence-electron chi connectivity index (χ4n) is 2.25. The fourth-order valence-corrected chi connectivity index (χ4v) is 2.25. The number of aliphatic hydroxyl groups excluding tert-OH is 1. The Morgan fingerprint density at radius 1 is 1.47 bits per heavy atom. The molecule has 6 heteroatoms. The summed E-state index contributed by atoms with van der Waals surface area (Å²) >= 11 is 0. The molecule has 0 saturated heterocycles. The summed E-state index contributed by atoms with van der Waals surface area (Å²) in [5.74, 6) is -0.398. The molecule has 1 amide bonds. The van der Waals surface area contributed by atoms with Gasteiger partial charge in [-0.05, 0) is 11.6 Å². The van der Waals surface area contributed by atoms with Crippen LogP contribution in [0.1, 0.15) is 5.56 Å². The quantitative estimate of drug-likeness (QED) is 0.842. The predicted octanol–water partition coefficient (Wildman–Crippen LogP) is 1.11. The summed E-state index contributed by atoms with van der Waals surface area (Å²) in [4.78, 5) is 13.2. The molecule has 1 atom stereocenters. The Morgan fingerprint density at radius 2 is 2.21 bits per heavy atom. The van der Waals surface area contributed by atoms with Crippen LogP contribution < -0.4 is 5.32 Å². The Morgan fingerprint density at radius 3 is 2.84 bits per heavy atom. The van der Waals surface area contributed by atoms with Crippen molar-refractivity contribution in [2.45, 2.75) is 18.9 Å². The van der Waals surface area contributed by atoms with E-state index >= 15 is 0 Å². The Bertz CT molecular complexity index is 429. The van der Waals surface area contributed by atoms with E-state index in [2.05, 4.69) is 5.32 Å². The molecule has 0 aromatic heterocycles. The van der Waals surface area contributed by atoms with Gasteiger partial charge in [0.1, 0.15) is 6.04 Å². The highest BCUT2D eigenvalue weighted by molar-refractivity contribution is 5.87. The van der Waals surface area contributed by atoms with Gasteiger partial charge >= 0.3 is 0 Å². The minimum atomic E-state index is -2.60. The van der Waals surface area contributed by atoms with Gasteiger partial charge in [-0.1, -0.05) is 18.2 Å². The number of benzene rings is 1. The van der Waals surface area contributed by atoms with Crippen molar-refractivity contribution >= 4 is 11.6 Å². The summed E-state index contributed by atoms with van der Waals surface area (Å²) in [6.07, 6.45) is -2.11. The standard InChI is InChI=1S/C13H16F2N2O2/c14-12(15)8-17(5-6-18)13(19)11-7-9-3-1-2-4-10(9)16-11/h1-4,11-12,16,18H,5-8H2. The van der Waals surface area contributed by atoms with E-state index in [1.807, 2.05) is 24.3 Å². The van der Waals surface area contributed by atoms with Gasteiger partial charge in [-0.15, -0.1) is 0 Å². The number of para-hydroxylation sites is 1. The maximum absolute atomic E-state index is 12.4. The molecular weight excluding hydrogens is 254 g/mol. The molecule has 2 rings (SSSR count). The van der Waals surface area contributed by atoms with Gasteiger partial charge in [-0.25, -0.2) is 8.78 Å². The summed E-state index contributed by atoms with van der Waals surface area (Å²) in [5.41, 5.74) is 1.86. The lowest BCUT2D eigenvalue weighted by atomic mass is 10.1. The van der Waals surface area contributed by atoms with Crippen LogP contribution in [0.4, 0.5) is 14.5 Å². The number of nitrogens with zero attached hydrogens (tertiary/aromatic N) is 1. The smallest absolute Gasteiger partial charge is 0.255 e. The van der Waals surface area contributed by atoms with E-state index < -0.39 is 24.9 Å². The first-order chi connectivity index (χ1) is 9.11. The van der Waals surface area contributed by atoms with Gasteiger partial charge in [0, 0.05) is 18.7 Å². The first-order valence-electron chi connectivity index (χ1n) is 6.14. The van der Waals surface area contributed by atoms with E-state index in [1.54, 1.807) is 0 Å². The molecule has 1 aliphatic rings. The Labute approximate surface area is 110 Å². The average molecular weight is 270 g/mol. The highest BCUT2D eigenvalue weighted by Crippen LogP contribution is 2.26. The number of aliphatic hydroxyl groups is 1. The minimum Gasteiger partial charge on any atom is -0.395 e. The van der Waals surface area contributed by atoms with Gasteiger partial charge in [0.2, 0.25) is 5.91 Å². The van der Waals surface area contributed by atoms with Gasteiger partial charge in [0.15, 0.2) is 0 Å². The third-order valence-corrected chi connectivity index (χ3v) is 3.11. The zero-order valence-electron chi connectivity index (χ0n) is 10.4. The molecule has 1 aliphatic heterocycles. The molecule has 0 aliphatic carbocycles. The second-order valence-electron chi connectivity index (χ2n) is 4.46. The minimum absolute atomic E-state index is 0.0717. The van der Waals surface area contributed by atoms with Crippen LogP contribution in [-0.4, -0.2) is 48.1 Å². The maximum Gasteiger partial charge on any atom is 0.255 e. The van der Waals surface area contributed by atoms with Crippen LogP contribution in [0.15, 0.2) is 24.3 Å². The van der Waals surface area contributed by atoms with Crippen molar-refractivity contribution in [3.05, 3.63) is 29.8 Å². The SMILES string of the molecule is O=C(C1Cc2ccccc2N1)N(CCO)CC(F)F. The number of rotatable bonds is 5. The topological polar surface area (TPSA) is 52.6 Å². The second kappa shape index (κ2) is 5.97. The first kappa shape index (κ1) is 13.7. The van der Waals surface area contributed by atoms with Crippen LogP contribution in [-0.2, 0) is 11.2 Å². The Balaban J connectivity index is 2.04. The van der Waals surface area contributed by atoms with E-state index in [4.69, 9.17) is 5.11 Å². The summed E-state index contributed by atoms with van der Waals surface area (Å²) in [6.45, 7) is -1.04. The van der Waals surface area contributed by atoms with E-state index in [0.29, 0.717) is 6.42 Å². The van der Waals surface area contributed by atoms with Gasteiger partial charge in [-0.2, -0.15) is 0 Å². The molecular formula is C13H16F2N2O2. The molecule has 0 radical (unpaired) electrons. The molecule has 1 aromatic carbocycles. The Kier molecular flexibility index (Phi) is 4.31. The molecule has 104 valence electrons. The van der Waals surface area contributed by atoms with Gasteiger partial charge in [0.05, 0.1) is 13.2 Å². The highest BCUT2D eigenvalue weighted by Gasteiger charge is 2.30. The number of hydrogen-bond donors (Lipinski definition) is 2. The van der Waals surface area contributed by atoms with E-state index in [0.717, 1.165) is 16.2 Å². The molecule has 0 spiro atoms. The molecule has 0 bridgehead atoms. The molecule has 1 aromatic rings. The van der Waals surface area contributed by atoms with Crippen LogP contribution in [0.25, 0.3) is 0 Å². The molecule has 0 saturated carbocycles. The fraction of sp³-hybridized carbons (Fsp3) is 0.462. The summed E-state index contributed by atoms with van der Waals surface area (Å²) in [6, 6.07) is 6.95. The van der Waals surface area contributed by atoms with Crippen molar-refractivity contribution in [3.8, 4) is 0 Å². The third-order valence-electron chi connectivity index (χ3n) is 3.11. The lowest BCUT2D eigenvalue weighted by molar-refractivity contribution is -0.134. The van der Waals surface area contributed by atoms with E-state index in [1.165, 1.54) is 0 Å². The van der Waals surface area contributed by atoms with Crippen molar-refractivity contribution in [3.63, 3.8) is 0 Å².